The van der Waals surface area contributed by atoms with Crippen molar-refractivity contribution >= 4 is 0 Å². The fourth-order valence-electron chi connectivity index (χ4n) is 1.82. The summed E-state index contributed by atoms with van der Waals surface area (Å²) in [5.41, 5.74) is 2.87. The number of nitrogens with two attached hydrogens (primary N) is 1. The SMILES string of the molecule is CC(C)Cn1ncnc1CC(CCN(C)C)NN. The number of hydrogen-bond acceptors (Lipinski definition) is 5. The van der Waals surface area contributed by atoms with Crippen LogP contribution in [0.5, 0.6) is 0 Å². The average Bonchev–Trinajstić information content (AvgIpc) is 2.70. The van der Waals surface area contributed by atoms with Crippen molar-refractivity contribution in [2.24, 2.45) is 11.8 Å². The molecule has 0 bridgehead atoms. The summed E-state index contributed by atoms with van der Waals surface area (Å²) in [5.74, 6) is 7.17. The lowest BCUT2D eigenvalue weighted by atomic mass is 10.1. The minimum absolute atomic E-state index is 0.238. The maximum absolute atomic E-state index is 5.60. The minimum atomic E-state index is 0.238. The van der Waals surface area contributed by atoms with Gasteiger partial charge >= 0.3 is 0 Å². The van der Waals surface area contributed by atoms with Crippen molar-refractivity contribution in [3.63, 3.8) is 0 Å². The van der Waals surface area contributed by atoms with Crippen LogP contribution in [0.3, 0.4) is 0 Å². The van der Waals surface area contributed by atoms with Crippen molar-refractivity contribution in [2.45, 2.75) is 39.3 Å². The monoisotopic (exact) mass is 254 g/mol. The highest BCUT2D eigenvalue weighted by atomic mass is 15.3. The van der Waals surface area contributed by atoms with E-state index in [1.807, 2.05) is 4.68 Å². The van der Waals surface area contributed by atoms with Gasteiger partial charge in [-0.3, -0.25) is 11.3 Å². The van der Waals surface area contributed by atoms with E-state index in [2.05, 4.69) is 48.4 Å². The highest BCUT2D eigenvalue weighted by Gasteiger charge is 2.13. The van der Waals surface area contributed by atoms with Crippen LogP contribution in [0.1, 0.15) is 26.1 Å². The van der Waals surface area contributed by atoms with Gasteiger partial charge in [0.1, 0.15) is 12.2 Å². The number of rotatable bonds is 8. The summed E-state index contributed by atoms with van der Waals surface area (Å²) in [6.07, 6.45) is 3.44. The molecule has 0 saturated carbocycles. The van der Waals surface area contributed by atoms with Gasteiger partial charge in [0, 0.05) is 19.0 Å². The Morgan fingerprint density at radius 2 is 2.17 bits per heavy atom. The first-order chi connectivity index (χ1) is 8.52. The first kappa shape index (κ1) is 15.1. The largest absolute Gasteiger partial charge is 0.309 e. The molecule has 1 rings (SSSR count). The van der Waals surface area contributed by atoms with Gasteiger partial charge in [0.15, 0.2) is 0 Å². The zero-order chi connectivity index (χ0) is 13.5. The molecule has 1 unspecified atom stereocenters. The molecule has 6 heteroatoms. The molecule has 1 heterocycles. The molecule has 104 valence electrons. The van der Waals surface area contributed by atoms with Crippen LogP contribution in [0, 0.1) is 5.92 Å². The number of nitrogens with one attached hydrogen (secondary N) is 1. The molecule has 1 aromatic rings. The van der Waals surface area contributed by atoms with E-state index >= 15 is 0 Å². The van der Waals surface area contributed by atoms with Crippen LogP contribution < -0.4 is 11.3 Å². The van der Waals surface area contributed by atoms with Crippen LogP contribution in [-0.2, 0) is 13.0 Å². The summed E-state index contributed by atoms with van der Waals surface area (Å²) in [4.78, 5) is 6.48. The second-order valence-corrected chi connectivity index (χ2v) is 5.41. The third kappa shape index (κ3) is 5.12. The third-order valence-corrected chi connectivity index (χ3v) is 2.82. The van der Waals surface area contributed by atoms with Gasteiger partial charge in [-0.2, -0.15) is 5.10 Å². The normalized spacial score (nSPS) is 13.5. The van der Waals surface area contributed by atoms with E-state index in [9.17, 15) is 0 Å². The Morgan fingerprint density at radius 3 is 2.72 bits per heavy atom. The van der Waals surface area contributed by atoms with Crippen LogP contribution in [0.2, 0.25) is 0 Å². The zero-order valence-electron chi connectivity index (χ0n) is 11.9. The van der Waals surface area contributed by atoms with E-state index in [0.29, 0.717) is 5.92 Å². The van der Waals surface area contributed by atoms with Gasteiger partial charge in [-0.05, 0) is 33.0 Å². The lowest BCUT2D eigenvalue weighted by Gasteiger charge is -2.18. The van der Waals surface area contributed by atoms with Crippen LogP contribution in [-0.4, -0.2) is 46.3 Å². The highest BCUT2D eigenvalue weighted by Crippen LogP contribution is 2.06. The van der Waals surface area contributed by atoms with Crippen molar-refractivity contribution < 1.29 is 0 Å². The number of nitrogens with zero attached hydrogens (tertiary/aromatic N) is 4. The summed E-state index contributed by atoms with van der Waals surface area (Å²) in [5, 5.41) is 4.27. The van der Waals surface area contributed by atoms with Crippen molar-refractivity contribution in [1.82, 2.24) is 25.1 Å². The standard InChI is InChI=1S/C12H26N6/c1-10(2)8-18-12(14-9-15-18)7-11(16-13)5-6-17(3)4/h9-11,16H,5-8,13H2,1-4H3. The number of hydrogen-bond donors (Lipinski definition) is 2. The predicted octanol–water partition coefficient (Wildman–Crippen LogP) is 0.260. The molecule has 6 nitrogen and oxygen atoms in total. The Labute approximate surface area is 110 Å². The second kappa shape index (κ2) is 7.45. The first-order valence-corrected chi connectivity index (χ1v) is 6.50. The molecule has 1 atom stereocenters. The fraction of sp³-hybridized carbons (Fsp3) is 0.833. The second-order valence-electron chi connectivity index (χ2n) is 5.41. The van der Waals surface area contributed by atoms with Gasteiger partial charge in [0.25, 0.3) is 0 Å². The van der Waals surface area contributed by atoms with E-state index in [-0.39, 0.29) is 6.04 Å². The van der Waals surface area contributed by atoms with Crippen molar-refractivity contribution in [3.8, 4) is 0 Å². The van der Waals surface area contributed by atoms with Crippen LogP contribution in [0.4, 0.5) is 0 Å². The summed E-state index contributed by atoms with van der Waals surface area (Å²) in [6.45, 7) is 6.26. The minimum Gasteiger partial charge on any atom is -0.309 e. The molecule has 0 aliphatic rings. The summed E-state index contributed by atoms with van der Waals surface area (Å²) in [7, 11) is 4.13. The van der Waals surface area contributed by atoms with E-state index in [4.69, 9.17) is 5.84 Å². The average molecular weight is 254 g/mol. The van der Waals surface area contributed by atoms with Gasteiger partial charge in [0.2, 0.25) is 0 Å². The summed E-state index contributed by atoms with van der Waals surface area (Å²) < 4.78 is 1.98. The molecule has 0 aliphatic carbocycles. The van der Waals surface area contributed by atoms with E-state index in [1.165, 1.54) is 0 Å². The molecule has 0 saturated heterocycles. The molecule has 3 N–H and O–H groups in total. The third-order valence-electron chi connectivity index (χ3n) is 2.82. The quantitative estimate of drug-likeness (QED) is 0.514. The van der Waals surface area contributed by atoms with Crippen LogP contribution >= 0.6 is 0 Å². The Kier molecular flexibility index (Phi) is 6.24. The first-order valence-electron chi connectivity index (χ1n) is 6.50. The number of hydrazine groups is 1. The molecule has 0 amide bonds. The Hall–Kier alpha value is -0.980. The van der Waals surface area contributed by atoms with Crippen molar-refractivity contribution in [1.29, 1.82) is 0 Å². The maximum atomic E-state index is 5.60. The van der Waals surface area contributed by atoms with E-state index < -0.39 is 0 Å². The Morgan fingerprint density at radius 1 is 1.44 bits per heavy atom. The smallest absolute Gasteiger partial charge is 0.138 e. The van der Waals surface area contributed by atoms with E-state index in [0.717, 1.165) is 31.8 Å². The molecule has 0 aliphatic heterocycles. The van der Waals surface area contributed by atoms with E-state index in [1.54, 1.807) is 6.33 Å². The van der Waals surface area contributed by atoms with Gasteiger partial charge in [-0.15, -0.1) is 0 Å². The van der Waals surface area contributed by atoms with Gasteiger partial charge < -0.3 is 4.90 Å². The van der Waals surface area contributed by atoms with Gasteiger partial charge in [-0.1, -0.05) is 13.8 Å². The molecular weight excluding hydrogens is 228 g/mol. The highest BCUT2D eigenvalue weighted by molar-refractivity contribution is 4.89. The fourth-order valence-corrected chi connectivity index (χ4v) is 1.82. The summed E-state index contributed by atoms with van der Waals surface area (Å²) in [6, 6.07) is 0.238. The maximum Gasteiger partial charge on any atom is 0.138 e. The molecule has 1 aromatic heterocycles. The molecule has 0 fully saturated rings. The topological polar surface area (TPSA) is 72.0 Å². The molecule has 0 spiro atoms. The molecule has 0 radical (unpaired) electrons. The lowest BCUT2D eigenvalue weighted by Crippen LogP contribution is -2.39. The Balaban J connectivity index is 2.55. The molecular formula is C12H26N6. The zero-order valence-corrected chi connectivity index (χ0v) is 11.9. The predicted molar refractivity (Wildman–Crippen MR) is 72.8 cm³/mol. The van der Waals surface area contributed by atoms with Gasteiger partial charge in [0.05, 0.1) is 0 Å². The lowest BCUT2D eigenvalue weighted by molar-refractivity contribution is 0.351. The van der Waals surface area contributed by atoms with Crippen molar-refractivity contribution in [3.05, 3.63) is 12.2 Å². The molecule has 0 aromatic carbocycles. The number of aromatic nitrogens is 3. The van der Waals surface area contributed by atoms with Crippen LogP contribution in [0.25, 0.3) is 0 Å². The van der Waals surface area contributed by atoms with Crippen LogP contribution in [0.15, 0.2) is 6.33 Å². The van der Waals surface area contributed by atoms with Crippen molar-refractivity contribution in [2.75, 3.05) is 20.6 Å². The van der Waals surface area contributed by atoms with Gasteiger partial charge in [-0.25, -0.2) is 9.67 Å². The molecule has 18 heavy (non-hydrogen) atoms. The Bertz CT molecular complexity index is 333. The summed E-state index contributed by atoms with van der Waals surface area (Å²) >= 11 is 0.